The highest BCUT2D eigenvalue weighted by molar-refractivity contribution is 5.91. The number of hydrogen-bond donors (Lipinski definition) is 1. The Morgan fingerprint density at radius 2 is 2.73 bits per heavy atom. The SMILES string of the molecule is C=CCNC(=O)c1ccno1. The fourth-order valence-electron chi connectivity index (χ4n) is 0.585. The van der Waals surface area contributed by atoms with Crippen molar-refractivity contribution in [1.29, 1.82) is 0 Å². The zero-order chi connectivity index (χ0) is 8.10. The molecule has 0 bridgehead atoms. The summed E-state index contributed by atoms with van der Waals surface area (Å²) in [4.78, 5) is 11.0. The van der Waals surface area contributed by atoms with E-state index in [2.05, 4.69) is 21.6 Å². The van der Waals surface area contributed by atoms with Crippen LogP contribution in [0.3, 0.4) is 0 Å². The van der Waals surface area contributed by atoms with Gasteiger partial charge in [-0.1, -0.05) is 11.2 Å². The van der Waals surface area contributed by atoms with Crippen molar-refractivity contribution in [2.75, 3.05) is 6.54 Å². The number of nitrogens with one attached hydrogen (secondary N) is 1. The molecule has 0 aromatic carbocycles. The summed E-state index contributed by atoms with van der Waals surface area (Å²) < 4.78 is 4.60. The van der Waals surface area contributed by atoms with Crippen molar-refractivity contribution < 1.29 is 9.32 Å². The molecule has 0 aliphatic carbocycles. The Labute approximate surface area is 63.9 Å². The van der Waals surface area contributed by atoms with Crippen LogP contribution < -0.4 is 5.32 Å². The van der Waals surface area contributed by atoms with Crippen LogP contribution >= 0.6 is 0 Å². The summed E-state index contributed by atoms with van der Waals surface area (Å²) in [6.45, 7) is 3.88. The molecule has 1 aromatic rings. The van der Waals surface area contributed by atoms with Gasteiger partial charge in [0.1, 0.15) is 0 Å². The van der Waals surface area contributed by atoms with E-state index in [-0.39, 0.29) is 11.7 Å². The van der Waals surface area contributed by atoms with Gasteiger partial charge in [0, 0.05) is 12.6 Å². The van der Waals surface area contributed by atoms with E-state index in [1.807, 2.05) is 0 Å². The predicted octanol–water partition coefficient (Wildman–Crippen LogP) is 0.590. The molecule has 1 rings (SSSR count). The van der Waals surface area contributed by atoms with Crippen molar-refractivity contribution in [3.63, 3.8) is 0 Å². The number of carbonyl (C=O) groups excluding carboxylic acids is 1. The second-order valence-electron chi connectivity index (χ2n) is 1.88. The Morgan fingerprint density at radius 3 is 3.27 bits per heavy atom. The molecule has 4 heteroatoms. The molecule has 4 nitrogen and oxygen atoms in total. The van der Waals surface area contributed by atoms with Crippen molar-refractivity contribution in [2.24, 2.45) is 0 Å². The number of aromatic nitrogens is 1. The lowest BCUT2D eigenvalue weighted by Crippen LogP contribution is -2.22. The van der Waals surface area contributed by atoms with Gasteiger partial charge in [-0.05, 0) is 0 Å². The number of carbonyl (C=O) groups is 1. The highest BCUT2D eigenvalue weighted by atomic mass is 16.5. The lowest BCUT2D eigenvalue weighted by atomic mass is 10.4. The molecule has 58 valence electrons. The van der Waals surface area contributed by atoms with Gasteiger partial charge in [-0.2, -0.15) is 0 Å². The van der Waals surface area contributed by atoms with Crippen molar-refractivity contribution >= 4 is 5.91 Å². The smallest absolute Gasteiger partial charge is 0.290 e. The van der Waals surface area contributed by atoms with E-state index in [0.717, 1.165) is 0 Å². The molecule has 0 aliphatic rings. The number of amides is 1. The summed E-state index contributed by atoms with van der Waals surface area (Å²) in [6.07, 6.45) is 3.01. The highest BCUT2D eigenvalue weighted by Gasteiger charge is 2.06. The van der Waals surface area contributed by atoms with Crippen LogP contribution in [0.2, 0.25) is 0 Å². The molecule has 0 atom stereocenters. The molecular weight excluding hydrogens is 144 g/mol. The van der Waals surface area contributed by atoms with E-state index >= 15 is 0 Å². The van der Waals surface area contributed by atoms with Crippen LogP contribution in [0.1, 0.15) is 10.6 Å². The molecule has 0 unspecified atom stereocenters. The first kappa shape index (κ1) is 7.53. The number of nitrogens with zero attached hydrogens (tertiary/aromatic N) is 1. The second-order valence-corrected chi connectivity index (χ2v) is 1.88. The van der Waals surface area contributed by atoms with E-state index < -0.39 is 0 Å². The van der Waals surface area contributed by atoms with Gasteiger partial charge in [-0.3, -0.25) is 4.79 Å². The maximum atomic E-state index is 11.0. The average molecular weight is 152 g/mol. The first-order valence-electron chi connectivity index (χ1n) is 3.14. The Bertz CT molecular complexity index is 241. The van der Waals surface area contributed by atoms with Gasteiger partial charge in [-0.25, -0.2) is 0 Å². The maximum absolute atomic E-state index is 11.0. The van der Waals surface area contributed by atoms with Gasteiger partial charge < -0.3 is 9.84 Å². The van der Waals surface area contributed by atoms with Gasteiger partial charge in [0.2, 0.25) is 5.76 Å². The standard InChI is InChI=1S/C7H8N2O2/c1-2-4-8-7(10)6-3-5-9-11-6/h2-3,5H,1,4H2,(H,8,10). The van der Waals surface area contributed by atoms with Crippen molar-refractivity contribution in [2.45, 2.75) is 0 Å². The Kier molecular flexibility index (Phi) is 2.43. The van der Waals surface area contributed by atoms with Crippen molar-refractivity contribution in [3.8, 4) is 0 Å². The highest BCUT2D eigenvalue weighted by Crippen LogP contribution is 1.94. The molecule has 1 amide bonds. The van der Waals surface area contributed by atoms with Gasteiger partial charge >= 0.3 is 0 Å². The van der Waals surface area contributed by atoms with E-state index in [1.54, 1.807) is 6.08 Å². The Morgan fingerprint density at radius 1 is 1.91 bits per heavy atom. The fraction of sp³-hybridized carbons (Fsp3) is 0.143. The average Bonchev–Trinajstić information content (AvgIpc) is 2.52. The predicted molar refractivity (Wildman–Crippen MR) is 39.0 cm³/mol. The summed E-state index contributed by atoms with van der Waals surface area (Å²) in [5.74, 6) is -0.0609. The third-order valence-electron chi connectivity index (χ3n) is 1.07. The number of rotatable bonds is 3. The third-order valence-corrected chi connectivity index (χ3v) is 1.07. The van der Waals surface area contributed by atoms with Gasteiger partial charge in [0.25, 0.3) is 5.91 Å². The second kappa shape index (κ2) is 3.55. The lowest BCUT2D eigenvalue weighted by molar-refractivity contribution is 0.0921. The third kappa shape index (κ3) is 1.93. The normalized spacial score (nSPS) is 9.09. The summed E-state index contributed by atoms with van der Waals surface area (Å²) in [5.41, 5.74) is 0. The first-order chi connectivity index (χ1) is 5.34. The summed E-state index contributed by atoms with van der Waals surface area (Å²) in [5, 5.41) is 5.93. The molecule has 1 aromatic heterocycles. The minimum atomic E-state index is -0.276. The first-order valence-corrected chi connectivity index (χ1v) is 3.14. The molecule has 0 fully saturated rings. The van der Waals surface area contributed by atoms with E-state index in [1.165, 1.54) is 12.3 Å². The minimum Gasteiger partial charge on any atom is -0.351 e. The van der Waals surface area contributed by atoms with Crippen LogP contribution in [0.5, 0.6) is 0 Å². The summed E-state index contributed by atoms with van der Waals surface area (Å²) in [7, 11) is 0. The van der Waals surface area contributed by atoms with Crippen molar-refractivity contribution in [3.05, 3.63) is 30.7 Å². The minimum absolute atomic E-state index is 0.215. The van der Waals surface area contributed by atoms with Gasteiger partial charge in [0.15, 0.2) is 0 Å². The largest absolute Gasteiger partial charge is 0.351 e. The zero-order valence-electron chi connectivity index (χ0n) is 5.91. The van der Waals surface area contributed by atoms with Crippen LogP contribution in [0.25, 0.3) is 0 Å². The molecule has 0 aliphatic heterocycles. The molecular formula is C7H8N2O2. The van der Waals surface area contributed by atoms with Crippen molar-refractivity contribution in [1.82, 2.24) is 10.5 Å². The Balaban J connectivity index is 2.49. The van der Waals surface area contributed by atoms with E-state index in [9.17, 15) is 4.79 Å². The topological polar surface area (TPSA) is 55.1 Å². The Hall–Kier alpha value is -1.58. The lowest BCUT2D eigenvalue weighted by Gasteiger charge is -1.95. The fourth-order valence-corrected chi connectivity index (χ4v) is 0.585. The number of hydrogen-bond acceptors (Lipinski definition) is 3. The molecule has 0 saturated heterocycles. The molecule has 11 heavy (non-hydrogen) atoms. The molecule has 0 spiro atoms. The monoisotopic (exact) mass is 152 g/mol. The van der Waals surface area contributed by atoms with E-state index in [0.29, 0.717) is 6.54 Å². The van der Waals surface area contributed by atoms with Crippen LogP contribution in [-0.2, 0) is 0 Å². The van der Waals surface area contributed by atoms with Crippen LogP contribution in [0, 0.1) is 0 Å². The summed E-state index contributed by atoms with van der Waals surface area (Å²) in [6, 6.07) is 1.50. The van der Waals surface area contributed by atoms with Gasteiger partial charge in [-0.15, -0.1) is 6.58 Å². The van der Waals surface area contributed by atoms with Gasteiger partial charge in [0.05, 0.1) is 6.20 Å². The zero-order valence-corrected chi connectivity index (χ0v) is 5.91. The van der Waals surface area contributed by atoms with Crippen LogP contribution in [0.4, 0.5) is 0 Å². The van der Waals surface area contributed by atoms with E-state index in [4.69, 9.17) is 0 Å². The molecule has 1 heterocycles. The molecule has 0 radical (unpaired) electrons. The molecule has 1 N–H and O–H groups in total. The van der Waals surface area contributed by atoms with Crippen LogP contribution in [0.15, 0.2) is 29.4 Å². The molecule has 0 saturated carbocycles. The maximum Gasteiger partial charge on any atom is 0.290 e. The summed E-state index contributed by atoms with van der Waals surface area (Å²) >= 11 is 0. The quantitative estimate of drug-likeness (QED) is 0.645. The van der Waals surface area contributed by atoms with Crippen LogP contribution in [-0.4, -0.2) is 17.6 Å².